The molecule has 0 saturated heterocycles. The van der Waals surface area contributed by atoms with Crippen LogP contribution < -0.4 is 21.1 Å². The molecule has 0 bridgehead atoms. The monoisotopic (exact) mass is 421 g/mol. The Morgan fingerprint density at radius 1 is 1.19 bits per heavy atom. The largest absolute Gasteiger partial charge is 0.343 e. The molecule has 3 heterocycles. The molecule has 2 aliphatic rings. The second kappa shape index (κ2) is 7.84. The van der Waals surface area contributed by atoms with Gasteiger partial charge in [0.05, 0.1) is 12.2 Å². The van der Waals surface area contributed by atoms with Crippen LogP contribution in [0.15, 0.2) is 30.3 Å². The van der Waals surface area contributed by atoms with Crippen LogP contribution in [-0.4, -0.2) is 55.1 Å². The lowest BCUT2D eigenvalue weighted by atomic mass is 9.97. The molecule has 1 aromatic heterocycles. The first kappa shape index (κ1) is 21.1. The Labute approximate surface area is 181 Å². The van der Waals surface area contributed by atoms with E-state index >= 15 is 0 Å². The molecule has 4 rings (SSSR count). The molecule has 0 atom stereocenters. The van der Waals surface area contributed by atoms with Crippen LogP contribution in [0.1, 0.15) is 39.8 Å². The van der Waals surface area contributed by atoms with Crippen LogP contribution in [0.5, 0.6) is 0 Å². The SMILES string of the molecule is CCc1ccc2c(n1)C(=N)N(CC(=O)c1ccc3c(c1)C(NC)(NC)C(=O)N3NC)C2. The highest BCUT2D eigenvalue weighted by Gasteiger charge is 2.49. The van der Waals surface area contributed by atoms with E-state index in [1.54, 1.807) is 44.2 Å². The molecule has 1 amide bonds. The smallest absolute Gasteiger partial charge is 0.281 e. The molecule has 0 unspecified atom stereocenters. The number of hydrogen-bond donors (Lipinski definition) is 4. The number of pyridine rings is 1. The molecular weight excluding hydrogens is 394 g/mol. The van der Waals surface area contributed by atoms with E-state index in [0.29, 0.717) is 29.1 Å². The van der Waals surface area contributed by atoms with Crippen molar-refractivity contribution in [3.63, 3.8) is 0 Å². The average molecular weight is 422 g/mol. The summed E-state index contributed by atoms with van der Waals surface area (Å²) in [6.07, 6.45) is 0.801. The molecule has 2 aromatic rings. The first-order chi connectivity index (χ1) is 14.9. The molecule has 1 aromatic carbocycles. The highest BCUT2D eigenvalue weighted by atomic mass is 16.2. The number of nitrogens with one attached hydrogen (secondary N) is 4. The summed E-state index contributed by atoms with van der Waals surface area (Å²) >= 11 is 0. The normalized spacial score (nSPS) is 16.6. The number of aryl methyl sites for hydroxylation is 1. The van der Waals surface area contributed by atoms with E-state index in [9.17, 15) is 9.59 Å². The van der Waals surface area contributed by atoms with Crippen LogP contribution in [0.3, 0.4) is 0 Å². The van der Waals surface area contributed by atoms with Gasteiger partial charge in [-0.05, 0) is 44.8 Å². The molecule has 0 spiro atoms. The number of amides is 1. The molecule has 31 heavy (non-hydrogen) atoms. The van der Waals surface area contributed by atoms with Gasteiger partial charge >= 0.3 is 0 Å². The number of benzene rings is 1. The van der Waals surface area contributed by atoms with Gasteiger partial charge in [-0.2, -0.15) is 0 Å². The molecule has 9 nitrogen and oxygen atoms in total. The summed E-state index contributed by atoms with van der Waals surface area (Å²) < 4.78 is 0. The van der Waals surface area contributed by atoms with Crippen molar-refractivity contribution in [2.75, 3.05) is 32.7 Å². The van der Waals surface area contributed by atoms with Crippen LogP contribution in [0.4, 0.5) is 5.69 Å². The molecule has 0 aliphatic carbocycles. The number of anilines is 1. The van der Waals surface area contributed by atoms with Crippen LogP contribution >= 0.6 is 0 Å². The average Bonchev–Trinajstić information content (AvgIpc) is 3.23. The lowest BCUT2D eigenvalue weighted by Crippen LogP contribution is -2.59. The van der Waals surface area contributed by atoms with Gasteiger partial charge in [-0.1, -0.05) is 13.0 Å². The third-order valence-corrected chi connectivity index (χ3v) is 6.10. The van der Waals surface area contributed by atoms with Gasteiger partial charge in [-0.25, -0.2) is 15.4 Å². The second-order valence-electron chi connectivity index (χ2n) is 7.64. The van der Waals surface area contributed by atoms with Gasteiger partial charge in [0.15, 0.2) is 11.4 Å². The quantitative estimate of drug-likeness (QED) is 0.385. The molecule has 162 valence electrons. The van der Waals surface area contributed by atoms with E-state index in [1.165, 1.54) is 5.01 Å². The predicted octanol–water partition coefficient (Wildman–Crippen LogP) is 0.740. The Morgan fingerprint density at radius 3 is 2.58 bits per heavy atom. The summed E-state index contributed by atoms with van der Waals surface area (Å²) in [5.41, 5.74) is 6.19. The van der Waals surface area contributed by atoms with E-state index in [1.807, 2.05) is 19.1 Å². The zero-order valence-corrected chi connectivity index (χ0v) is 18.2. The van der Waals surface area contributed by atoms with E-state index in [0.717, 1.165) is 17.7 Å². The van der Waals surface area contributed by atoms with Crippen molar-refractivity contribution in [3.05, 3.63) is 58.4 Å². The lowest BCUT2D eigenvalue weighted by molar-refractivity contribution is -0.125. The maximum atomic E-state index is 13.1. The Balaban J connectivity index is 1.61. The molecule has 0 radical (unpaired) electrons. The Kier molecular flexibility index (Phi) is 5.34. The fourth-order valence-electron chi connectivity index (χ4n) is 4.32. The minimum absolute atomic E-state index is 0.0746. The number of carbonyl (C=O) groups excluding carboxylic acids is 2. The van der Waals surface area contributed by atoms with Crippen molar-refractivity contribution in [2.24, 2.45) is 0 Å². The third-order valence-electron chi connectivity index (χ3n) is 6.10. The summed E-state index contributed by atoms with van der Waals surface area (Å²) in [6, 6.07) is 9.20. The van der Waals surface area contributed by atoms with E-state index in [-0.39, 0.29) is 24.1 Å². The number of hydrazine groups is 1. The molecule has 0 fully saturated rings. The number of hydrogen-bond acceptors (Lipinski definition) is 7. The number of fused-ring (bicyclic) bond motifs is 2. The third kappa shape index (κ3) is 3.13. The number of carbonyl (C=O) groups is 2. The van der Waals surface area contributed by atoms with Crippen molar-refractivity contribution >= 4 is 23.2 Å². The van der Waals surface area contributed by atoms with Crippen LogP contribution in [0.25, 0.3) is 0 Å². The van der Waals surface area contributed by atoms with Crippen molar-refractivity contribution in [2.45, 2.75) is 25.6 Å². The van der Waals surface area contributed by atoms with Crippen molar-refractivity contribution < 1.29 is 9.59 Å². The first-order valence-corrected chi connectivity index (χ1v) is 10.3. The highest BCUT2D eigenvalue weighted by Crippen LogP contribution is 2.38. The van der Waals surface area contributed by atoms with Gasteiger partial charge in [-0.15, -0.1) is 0 Å². The fraction of sp³-hybridized carbons (Fsp3) is 0.364. The lowest BCUT2D eigenvalue weighted by Gasteiger charge is -2.27. The van der Waals surface area contributed by atoms with Crippen molar-refractivity contribution in [1.82, 2.24) is 25.9 Å². The first-order valence-electron chi connectivity index (χ1n) is 10.3. The Hall–Kier alpha value is -3.14. The van der Waals surface area contributed by atoms with Crippen LogP contribution in [0.2, 0.25) is 0 Å². The fourth-order valence-corrected chi connectivity index (χ4v) is 4.32. The molecule has 4 N–H and O–H groups in total. The number of ketones is 1. The minimum atomic E-state index is -1.12. The molecule has 0 saturated carbocycles. The number of amidine groups is 1. The van der Waals surface area contributed by atoms with E-state index in [2.05, 4.69) is 21.0 Å². The number of Topliss-reactive ketones (excluding diaryl/α,β-unsaturated/α-hetero) is 1. The minimum Gasteiger partial charge on any atom is -0.343 e. The van der Waals surface area contributed by atoms with Gasteiger partial charge in [0.2, 0.25) is 0 Å². The summed E-state index contributed by atoms with van der Waals surface area (Å²) in [6.45, 7) is 2.59. The molecule has 9 heteroatoms. The van der Waals surface area contributed by atoms with Gasteiger partial charge < -0.3 is 4.90 Å². The van der Waals surface area contributed by atoms with E-state index < -0.39 is 5.66 Å². The van der Waals surface area contributed by atoms with Gasteiger partial charge in [0.1, 0.15) is 11.5 Å². The van der Waals surface area contributed by atoms with Crippen molar-refractivity contribution in [3.8, 4) is 0 Å². The summed E-state index contributed by atoms with van der Waals surface area (Å²) in [4.78, 5) is 32.4. The maximum absolute atomic E-state index is 13.1. The molecule has 2 aliphatic heterocycles. The number of rotatable bonds is 7. The zero-order valence-electron chi connectivity index (χ0n) is 18.2. The van der Waals surface area contributed by atoms with Gasteiger partial charge in [-0.3, -0.25) is 25.6 Å². The van der Waals surface area contributed by atoms with Crippen molar-refractivity contribution in [1.29, 1.82) is 5.41 Å². The number of nitrogens with zero attached hydrogens (tertiary/aromatic N) is 3. The Bertz CT molecular complexity index is 1080. The molecular formula is C22H27N7O2. The van der Waals surface area contributed by atoms with Gasteiger partial charge in [0, 0.05) is 36.0 Å². The standard InChI is InChI=1S/C22H27N7O2/c1-5-15-8-6-14-11-28(20(23)19(14)27-15)12-18(30)13-7-9-17-16(10-13)22(24-2,25-3)21(31)29(17)26-4/h6-10,23-26H,5,11-12H2,1-4H3. The van der Waals surface area contributed by atoms with Crippen LogP contribution in [-0.2, 0) is 23.4 Å². The number of aromatic nitrogens is 1. The van der Waals surface area contributed by atoms with Gasteiger partial charge in [0.25, 0.3) is 5.91 Å². The summed E-state index contributed by atoms with van der Waals surface area (Å²) in [5.74, 6) is -0.0437. The highest BCUT2D eigenvalue weighted by molar-refractivity contribution is 6.09. The van der Waals surface area contributed by atoms with E-state index in [4.69, 9.17) is 5.41 Å². The second-order valence-corrected chi connectivity index (χ2v) is 7.64. The zero-order chi connectivity index (χ0) is 22.3. The summed E-state index contributed by atoms with van der Waals surface area (Å²) in [5, 5.41) is 16.0. The van der Waals surface area contributed by atoms with Crippen LogP contribution in [0, 0.1) is 5.41 Å². The summed E-state index contributed by atoms with van der Waals surface area (Å²) in [7, 11) is 5.08. The predicted molar refractivity (Wildman–Crippen MR) is 118 cm³/mol. The topological polar surface area (TPSA) is 113 Å². The number of likely N-dealkylation sites (N-methyl/N-ethyl adjacent to an activating group) is 2. The Morgan fingerprint density at radius 2 is 1.94 bits per heavy atom. The maximum Gasteiger partial charge on any atom is 0.281 e.